The number of fused-ring (bicyclic) bond motifs is 2. The highest BCUT2D eigenvalue weighted by molar-refractivity contribution is 6.11. The van der Waals surface area contributed by atoms with E-state index in [0.29, 0.717) is 36.4 Å². The van der Waals surface area contributed by atoms with Gasteiger partial charge in [-0.05, 0) is 51.5 Å². The molecule has 1 aromatic carbocycles. The number of esters is 1. The molecule has 9 heteroatoms. The summed E-state index contributed by atoms with van der Waals surface area (Å²) in [6.45, 7) is 4.62. The molecule has 1 aliphatic carbocycles. The summed E-state index contributed by atoms with van der Waals surface area (Å²) in [5, 5.41) is 0. The molecule has 176 valence electrons. The minimum Gasteiger partial charge on any atom is -0.453 e. The Morgan fingerprint density at radius 1 is 1.24 bits per heavy atom. The topological polar surface area (TPSA) is 94.6 Å². The van der Waals surface area contributed by atoms with Gasteiger partial charge in [-0.1, -0.05) is 12.1 Å². The highest BCUT2D eigenvalue weighted by Crippen LogP contribution is 2.68. The average molecular weight is 456 g/mol. The molecule has 1 amide bonds. The zero-order chi connectivity index (χ0) is 23.3. The monoisotopic (exact) mass is 456 g/mol. The predicted molar refractivity (Wildman–Crippen MR) is 115 cm³/mol. The molecule has 7 atom stereocenters. The van der Waals surface area contributed by atoms with Gasteiger partial charge in [0.05, 0.1) is 17.7 Å². The number of nitrogens with zero attached hydrogens (tertiary/aromatic N) is 2. The van der Waals surface area contributed by atoms with Crippen molar-refractivity contribution in [3.8, 4) is 5.75 Å². The van der Waals surface area contributed by atoms with Crippen molar-refractivity contribution in [3.05, 3.63) is 23.8 Å². The normalized spacial score (nSPS) is 41.1. The van der Waals surface area contributed by atoms with Crippen molar-refractivity contribution in [2.24, 2.45) is 11.8 Å². The molecule has 9 nitrogen and oxygen atoms in total. The van der Waals surface area contributed by atoms with Gasteiger partial charge in [0.1, 0.15) is 17.3 Å². The first-order chi connectivity index (χ1) is 15.8. The third-order valence-corrected chi connectivity index (χ3v) is 8.33. The summed E-state index contributed by atoms with van der Waals surface area (Å²) in [5.41, 5.74) is -1.75. The van der Waals surface area contributed by atoms with Crippen LogP contribution in [-0.4, -0.2) is 74.0 Å². The molecule has 6 rings (SSSR count). The van der Waals surface area contributed by atoms with Gasteiger partial charge >= 0.3 is 5.97 Å². The summed E-state index contributed by atoms with van der Waals surface area (Å²) in [6.07, 6.45) is -1.11. The zero-order valence-electron chi connectivity index (χ0n) is 19.2. The first kappa shape index (κ1) is 21.1. The largest absolute Gasteiger partial charge is 0.453 e. The Morgan fingerprint density at radius 2 is 2.03 bits per heavy atom. The van der Waals surface area contributed by atoms with Crippen molar-refractivity contribution in [1.82, 2.24) is 4.90 Å². The fourth-order valence-electron chi connectivity index (χ4n) is 7.16. The van der Waals surface area contributed by atoms with Crippen molar-refractivity contribution < 1.29 is 33.3 Å². The highest BCUT2D eigenvalue weighted by Gasteiger charge is 2.82. The Labute approximate surface area is 191 Å². The van der Waals surface area contributed by atoms with E-state index in [9.17, 15) is 14.4 Å². The van der Waals surface area contributed by atoms with E-state index < -0.39 is 35.4 Å². The second kappa shape index (κ2) is 6.77. The number of benzene rings is 1. The molecule has 2 saturated heterocycles. The molecule has 33 heavy (non-hydrogen) atoms. The number of para-hydroxylation sites is 1. The average Bonchev–Trinajstić information content (AvgIpc) is 3.24. The second-order valence-electron chi connectivity index (χ2n) is 9.86. The van der Waals surface area contributed by atoms with Gasteiger partial charge in [-0.25, -0.2) is 0 Å². The van der Waals surface area contributed by atoms with E-state index in [1.54, 1.807) is 6.07 Å². The van der Waals surface area contributed by atoms with E-state index >= 15 is 0 Å². The maximum Gasteiger partial charge on any atom is 0.304 e. The minimum absolute atomic E-state index is 0.0186. The summed E-state index contributed by atoms with van der Waals surface area (Å²) < 4.78 is 23.9. The Kier molecular flexibility index (Phi) is 4.32. The maximum absolute atomic E-state index is 14.6. The molecule has 0 unspecified atom stereocenters. The third kappa shape index (κ3) is 2.30. The zero-order valence-corrected chi connectivity index (χ0v) is 19.2. The summed E-state index contributed by atoms with van der Waals surface area (Å²) in [7, 11) is 3.42. The van der Waals surface area contributed by atoms with E-state index in [4.69, 9.17) is 18.9 Å². The summed E-state index contributed by atoms with van der Waals surface area (Å²) in [4.78, 5) is 44.8. The molecular formula is C24H28N2O7. The molecule has 0 radical (unpaired) electrons. The van der Waals surface area contributed by atoms with Crippen LogP contribution in [0, 0.1) is 11.8 Å². The van der Waals surface area contributed by atoms with Crippen LogP contribution in [0.5, 0.6) is 5.75 Å². The Morgan fingerprint density at radius 3 is 2.76 bits per heavy atom. The number of amides is 1. The van der Waals surface area contributed by atoms with Gasteiger partial charge in [0.15, 0.2) is 5.78 Å². The molecule has 0 N–H and O–H groups in total. The fraction of sp³-hybridized carbons (Fsp3) is 0.625. The van der Waals surface area contributed by atoms with E-state index in [0.717, 1.165) is 6.54 Å². The van der Waals surface area contributed by atoms with Gasteiger partial charge in [0, 0.05) is 20.0 Å². The van der Waals surface area contributed by atoms with Crippen molar-refractivity contribution in [2.45, 2.75) is 56.3 Å². The molecule has 0 aromatic heterocycles. The lowest BCUT2D eigenvalue weighted by atomic mass is 9.55. The summed E-state index contributed by atoms with van der Waals surface area (Å²) in [5.74, 6) is -1.18. The molecule has 1 aromatic rings. The van der Waals surface area contributed by atoms with Gasteiger partial charge in [-0.3, -0.25) is 19.3 Å². The number of ether oxygens (including phenoxy) is 4. The van der Waals surface area contributed by atoms with E-state index in [1.807, 2.05) is 26.1 Å². The fourth-order valence-corrected chi connectivity index (χ4v) is 7.16. The van der Waals surface area contributed by atoms with E-state index in [1.165, 1.54) is 18.9 Å². The molecular weight excluding hydrogens is 428 g/mol. The quantitative estimate of drug-likeness (QED) is 0.614. The lowest BCUT2D eigenvalue weighted by Crippen LogP contribution is -2.76. The number of anilines is 1. The van der Waals surface area contributed by atoms with Crippen molar-refractivity contribution in [1.29, 1.82) is 0 Å². The van der Waals surface area contributed by atoms with Crippen LogP contribution in [0.4, 0.5) is 5.69 Å². The maximum atomic E-state index is 14.6. The van der Waals surface area contributed by atoms with Crippen LogP contribution in [-0.2, 0) is 34.0 Å². The molecule has 4 aliphatic heterocycles. The molecule has 1 saturated carbocycles. The smallest absolute Gasteiger partial charge is 0.304 e. The number of ketones is 1. The van der Waals surface area contributed by atoms with Gasteiger partial charge in [0.2, 0.25) is 5.72 Å². The Balaban J connectivity index is 1.73. The molecule has 4 heterocycles. The number of carbonyl (C=O) groups excluding carboxylic acids is 3. The number of rotatable bonds is 2. The number of hydrogen-bond acceptors (Lipinski definition) is 8. The molecule has 3 fully saturated rings. The summed E-state index contributed by atoms with van der Waals surface area (Å²) in [6, 6.07) is 5.43. The number of methoxy groups -OCH3 is 1. The SMILES string of the molecule is CO[C@H]1Oc2cccc3c2N(C1=O)[C@]1(OC(C)=O)[C@@H]2O[C@H](C)[C@@H]4C(=O)[C@]31CCN(C)CC[C@@H]42. The van der Waals surface area contributed by atoms with Gasteiger partial charge < -0.3 is 23.8 Å². The van der Waals surface area contributed by atoms with Crippen LogP contribution in [0.15, 0.2) is 18.2 Å². The number of carbonyl (C=O) groups is 3. The van der Waals surface area contributed by atoms with Crippen molar-refractivity contribution in [2.75, 3.05) is 32.1 Å². The van der Waals surface area contributed by atoms with Crippen LogP contribution in [0.3, 0.4) is 0 Å². The second-order valence-corrected chi connectivity index (χ2v) is 9.86. The standard InChI is InChI=1S/C24H28N2O7/c1-12-17-14-8-10-25(3)11-9-23(19(17)28)15-6-5-7-16-18(15)26(21(29)22(30-4)32-16)24(23,20(14)31-12)33-13(2)27/h5-7,12,14,17,20,22H,8-11H2,1-4H3/t12-,14+,17+,20-,22+,23+,24+/m1/s1. The van der Waals surface area contributed by atoms with Gasteiger partial charge in [-0.15, -0.1) is 0 Å². The van der Waals surface area contributed by atoms with Crippen molar-refractivity contribution >= 4 is 23.3 Å². The minimum atomic E-state index is -1.64. The van der Waals surface area contributed by atoms with Gasteiger partial charge in [0.25, 0.3) is 12.2 Å². The van der Waals surface area contributed by atoms with E-state index in [-0.39, 0.29) is 23.7 Å². The molecule has 1 spiro atoms. The molecule has 5 aliphatic rings. The number of Topliss-reactive ketones (excluding diaryl/α,β-unsaturated/α-hetero) is 1. The molecule has 4 bridgehead atoms. The number of hydrogen-bond donors (Lipinski definition) is 0. The Bertz CT molecular complexity index is 1070. The van der Waals surface area contributed by atoms with Gasteiger partial charge in [-0.2, -0.15) is 0 Å². The first-order valence-corrected chi connectivity index (χ1v) is 11.5. The van der Waals surface area contributed by atoms with Crippen LogP contribution >= 0.6 is 0 Å². The van der Waals surface area contributed by atoms with Crippen LogP contribution in [0.1, 0.15) is 32.3 Å². The van der Waals surface area contributed by atoms with Crippen LogP contribution < -0.4 is 9.64 Å². The lowest BCUT2D eigenvalue weighted by molar-refractivity contribution is -0.203. The van der Waals surface area contributed by atoms with Crippen molar-refractivity contribution in [3.63, 3.8) is 0 Å². The van der Waals surface area contributed by atoms with Crippen LogP contribution in [0.25, 0.3) is 0 Å². The van der Waals surface area contributed by atoms with E-state index in [2.05, 4.69) is 4.90 Å². The lowest BCUT2D eigenvalue weighted by Gasteiger charge is -2.54. The third-order valence-electron chi connectivity index (χ3n) is 8.33. The van der Waals surface area contributed by atoms with Crippen LogP contribution in [0.2, 0.25) is 0 Å². The summed E-state index contributed by atoms with van der Waals surface area (Å²) >= 11 is 0. The predicted octanol–water partition coefficient (Wildman–Crippen LogP) is 1.22. The highest BCUT2D eigenvalue weighted by atomic mass is 16.7. The Hall–Kier alpha value is -2.49. The first-order valence-electron chi connectivity index (χ1n) is 11.5.